The Hall–Kier alpha value is -0.760. The van der Waals surface area contributed by atoms with Crippen molar-refractivity contribution in [3.63, 3.8) is 0 Å². The average molecular weight is 195 g/mol. The monoisotopic (exact) mass is 195 g/mol. The molecule has 0 aromatic heterocycles. The Balaban J connectivity index is 2.65. The quantitative estimate of drug-likeness (QED) is 0.641. The van der Waals surface area contributed by atoms with Gasteiger partial charge in [0.05, 0.1) is 13.2 Å². The third kappa shape index (κ3) is 3.18. The van der Waals surface area contributed by atoms with Crippen LogP contribution < -0.4 is 0 Å². The molecule has 0 aromatic carbocycles. The summed E-state index contributed by atoms with van der Waals surface area (Å²) in [6.07, 6.45) is 6.41. The van der Waals surface area contributed by atoms with Gasteiger partial charge in [-0.05, 0) is 18.9 Å². The molecule has 1 fully saturated rings. The molecule has 0 amide bonds. The maximum Gasteiger partial charge on any atom is 0.0642 e. The second-order valence-corrected chi connectivity index (χ2v) is 3.87. The highest BCUT2D eigenvalue weighted by Gasteiger charge is 2.15. The first-order valence-corrected chi connectivity index (χ1v) is 5.41. The summed E-state index contributed by atoms with van der Waals surface area (Å²) >= 11 is 0. The lowest BCUT2D eigenvalue weighted by atomic mass is 10.1. The highest BCUT2D eigenvalue weighted by Crippen LogP contribution is 2.16. The highest BCUT2D eigenvalue weighted by atomic mass is 16.5. The first kappa shape index (κ1) is 11.3. The smallest absolute Gasteiger partial charge is 0.0642 e. The van der Waals surface area contributed by atoms with Crippen LogP contribution in [0.3, 0.4) is 0 Å². The first-order chi connectivity index (χ1) is 6.75. The maximum atomic E-state index is 5.35. The SMILES string of the molecule is C/C=C\C=C(/C(C)C)N1CCOCC1. The summed E-state index contributed by atoms with van der Waals surface area (Å²) in [5, 5.41) is 0. The first-order valence-electron chi connectivity index (χ1n) is 5.41. The van der Waals surface area contributed by atoms with Crippen molar-refractivity contribution in [3.8, 4) is 0 Å². The maximum absolute atomic E-state index is 5.35. The lowest BCUT2D eigenvalue weighted by molar-refractivity contribution is 0.0496. The van der Waals surface area contributed by atoms with E-state index in [4.69, 9.17) is 4.74 Å². The summed E-state index contributed by atoms with van der Waals surface area (Å²) in [5.41, 5.74) is 1.42. The molecule has 1 rings (SSSR count). The summed E-state index contributed by atoms with van der Waals surface area (Å²) in [4.78, 5) is 2.42. The molecule has 1 heterocycles. The largest absolute Gasteiger partial charge is 0.378 e. The lowest BCUT2D eigenvalue weighted by Crippen LogP contribution is -2.37. The van der Waals surface area contributed by atoms with Crippen LogP contribution in [0.1, 0.15) is 20.8 Å². The zero-order valence-electron chi connectivity index (χ0n) is 9.49. The molecule has 0 N–H and O–H groups in total. The molecule has 0 atom stereocenters. The van der Waals surface area contributed by atoms with Crippen molar-refractivity contribution in [1.82, 2.24) is 4.90 Å². The predicted octanol–water partition coefficient (Wildman–Crippen LogP) is 2.43. The van der Waals surface area contributed by atoms with E-state index in [0.29, 0.717) is 5.92 Å². The summed E-state index contributed by atoms with van der Waals surface area (Å²) in [7, 11) is 0. The van der Waals surface area contributed by atoms with E-state index in [0.717, 1.165) is 26.3 Å². The van der Waals surface area contributed by atoms with Gasteiger partial charge in [0.2, 0.25) is 0 Å². The Morgan fingerprint density at radius 3 is 2.43 bits per heavy atom. The van der Waals surface area contributed by atoms with E-state index in [2.05, 4.69) is 37.0 Å². The molecular formula is C12H21NO. The van der Waals surface area contributed by atoms with Crippen LogP contribution in [0.15, 0.2) is 23.9 Å². The van der Waals surface area contributed by atoms with Crippen LogP contribution in [0, 0.1) is 5.92 Å². The van der Waals surface area contributed by atoms with E-state index in [-0.39, 0.29) is 0 Å². The zero-order chi connectivity index (χ0) is 10.4. The Labute approximate surface area is 87.2 Å². The zero-order valence-corrected chi connectivity index (χ0v) is 9.49. The molecular weight excluding hydrogens is 174 g/mol. The fourth-order valence-corrected chi connectivity index (χ4v) is 1.68. The van der Waals surface area contributed by atoms with E-state index in [9.17, 15) is 0 Å². The Morgan fingerprint density at radius 2 is 1.93 bits per heavy atom. The number of morpholine rings is 1. The van der Waals surface area contributed by atoms with Gasteiger partial charge >= 0.3 is 0 Å². The van der Waals surface area contributed by atoms with Crippen LogP contribution in [-0.4, -0.2) is 31.2 Å². The minimum atomic E-state index is 0.587. The number of ether oxygens (including phenoxy) is 1. The van der Waals surface area contributed by atoms with Crippen LogP contribution >= 0.6 is 0 Å². The van der Waals surface area contributed by atoms with Gasteiger partial charge in [0.15, 0.2) is 0 Å². The third-order valence-electron chi connectivity index (χ3n) is 2.43. The van der Waals surface area contributed by atoms with Crippen molar-refractivity contribution in [1.29, 1.82) is 0 Å². The standard InChI is InChI=1S/C12H21NO/c1-4-5-6-12(11(2)3)13-7-9-14-10-8-13/h4-6,11H,7-10H2,1-3H3/b5-4-,12-6+. The minimum absolute atomic E-state index is 0.587. The molecule has 1 aliphatic rings. The van der Waals surface area contributed by atoms with Gasteiger partial charge in [-0.3, -0.25) is 0 Å². The summed E-state index contributed by atoms with van der Waals surface area (Å²) in [6, 6.07) is 0. The van der Waals surface area contributed by atoms with Crippen LogP contribution in [0.4, 0.5) is 0 Å². The second-order valence-electron chi connectivity index (χ2n) is 3.87. The van der Waals surface area contributed by atoms with Gasteiger partial charge in [-0.15, -0.1) is 0 Å². The van der Waals surface area contributed by atoms with Crippen molar-refractivity contribution in [2.75, 3.05) is 26.3 Å². The van der Waals surface area contributed by atoms with E-state index >= 15 is 0 Å². The van der Waals surface area contributed by atoms with Gasteiger partial charge in [-0.1, -0.05) is 26.0 Å². The number of hydrogen-bond acceptors (Lipinski definition) is 2. The molecule has 1 aliphatic heterocycles. The van der Waals surface area contributed by atoms with Crippen molar-refractivity contribution in [2.24, 2.45) is 5.92 Å². The van der Waals surface area contributed by atoms with Gasteiger partial charge in [0, 0.05) is 18.8 Å². The number of nitrogens with zero attached hydrogens (tertiary/aromatic N) is 1. The molecule has 0 saturated carbocycles. The molecule has 0 bridgehead atoms. The van der Waals surface area contributed by atoms with Crippen LogP contribution in [-0.2, 0) is 4.74 Å². The van der Waals surface area contributed by atoms with Crippen molar-refractivity contribution >= 4 is 0 Å². The van der Waals surface area contributed by atoms with Gasteiger partial charge < -0.3 is 9.64 Å². The molecule has 2 heteroatoms. The van der Waals surface area contributed by atoms with E-state index in [1.54, 1.807) is 0 Å². The van der Waals surface area contributed by atoms with Gasteiger partial charge in [0.25, 0.3) is 0 Å². The molecule has 80 valence electrons. The van der Waals surface area contributed by atoms with Gasteiger partial charge in [-0.2, -0.15) is 0 Å². The fourth-order valence-electron chi connectivity index (χ4n) is 1.68. The summed E-state index contributed by atoms with van der Waals surface area (Å²) in [6.45, 7) is 10.3. The molecule has 2 nitrogen and oxygen atoms in total. The molecule has 0 aliphatic carbocycles. The third-order valence-corrected chi connectivity index (χ3v) is 2.43. The van der Waals surface area contributed by atoms with Crippen molar-refractivity contribution in [2.45, 2.75) is 20.8 Å². The Bertz CT molecular complexity index is 212. The Kier molecular flexibility index (Phi) is 4.74. The van der Waals surface area contributed by atoms with Crippen LogP contribution in [0.2, 0.25) is 0 Å². The lowest BCUT2D eigenvalue weighted by Gasteiger charge is -2.32. The number of rotatable bonds is 3. The summed E-state index contributed by atoms with van der Waals surface area (Å²) in [5.74, 6) is 0.587. The molecule has 0 unspecified atom stereocenters. The average Bonchev–Trinajstić information content (AvgIpc) is 2.19. The van der Waals surface area contributed by atoms with Crippen LogP contribution in [0.25, 0.3) is 0 Å². The molecule has 1 saturated heterocycles. The molecule has 14 heavy (non-hydrogen) atoms. The van der Waals surface area contributed by atoms with Gasteiger partial charge in [-0.25, -0.2) is 0 Å². The van der Waals surface area contributed by atoms with E-state index in [1.807, 2.05) is 6.92 Å². The molecule has 0 aromatic rings. The number of allylic oxidation sites excluding steroid dienone is 4. The topological polar surface area (TPSA) is 12.5 Å². The fraction of sp³-hybridized carbons (Fsp3) is 0.667. The van der Waals surface area contributed by atoms with Crippen LogP contribution in [0.5, 0.6) is 0 Å². The summed E-state index contributed by atoms with van der Waals surface area (Å²) < 4.78 is 5.35. The normalized spacial score (nSPS) is 19.7. The van der Waals surface area contributed by atoms with Gasteiger partial charge in [0.1, 0.15) is 0 Å². The predicted molar refractivity (Wildman–Crippen MR) is 60.1 cm³/mol. The highest BCUT2D eigenvalue weighted by molar-refractivity contribution is 5.13. The van der Waals surface area contributed by atoms with E-state index in [1.165, 1.54) is 5.70 Å². The number of hydrogen-bond donors (Lipinski definition) is 0. The van der Waals surface area contributed by atoms with Crippen molar-refractivity contribution in [3.05, 3.63) is 23.9 Å². The van der Waals surface area contributed by atoms with Crippen molar-refractivity contribution < 1.29 is 4.74 Å². The molecule has 0 radical (unpaired) electrons. The minimum Gasteiger partial charge on any atom is -0.378 e. The Morgan fingerprint density at radius 1 is 1.29 bits per heavy atom. The van der Waals surface area contributed by atoms with E-state index < -0.39 is 0 Å². The molecule has 0 spiro atoms. The second kappa shape index (κ2) is 5.86.